The number of carbonyl (C=O) groups excluding carboxylic acids is 1. The van der Waals surface area contributed by atoms with Gasteiger partial charge in [-0.05, 0) is 87.1 Å². The fourth-order valence-electron chi connectivity index (χ4n) is 5.07. The molecule has 4 rings (SSSR count). The van der Waals surface area contributed by atoms with E-state index in [1.807, 2.05) is 18.2 Å². The van der Waals surface area contributed by atoms with Crippen LogP contribution in [-0.4, -0.2) is 30.8 Å². The van der Waals surface area contributed by atoms with Crippen molar-refractivity contribution in [2.45, 2.75) is 70.4 Å². The van der Waals surface area contributed by atoms with Crippen LogP contribution in [0.5, 0.6) is 5.75 Å². The van der Waals surface area contributed by atoms with Crippen molar-refractivity contribution in [2.24, 2.45) is 5.92 Å². The normalized spacial score (nSPS) is 19.4. The highest BCUT2D eigenvalue weighted by atomic mass is 16.6. The van der Waals surface area contributed by atoms with E-state index in [1.54, 1.807) is 0 Å². The second-order valence-electron chi connectivity index (χ2n) is 10.1. The Morgan fingerprint density at radius 1 is 1.09 bits per heavy atom. The highest BCUT2D eigenvalue weighted by molar-refractivity contribution is 5.69. The van der Waals surface area contributed by atoms with E-state index >= 15 is 0 Å². The number of carbonyl (C=O) groups is 1. The van der Waals surface area contributed by atoms with Gasteiger partial charge in [-0.15, -0.1) is 0 Å². The van der Waals surface area contributed by atoms with Gasteiger partial charge in [-0.25, -0.2) is 0 Å². The van der Waals surface area contributed by atoms with Crippen molar-refractivity contribution in [1.82, 2.24) is 5.32 Å². The summed E-state index contributed by atoms with van der Waals surface area (Å²) in [4.78, 5) is 12.4. The largest absolute Gasteiger partial charge is 0.488 e. The fourth-order valence-corrected chi connectivity index (χ4v) is 5.07. The monoisotopic (exact) mass is 446 g/mol. The maximum absolute atomic E-state index is 12.4. The van der Waals surface area contributed by atoms with Crippen molar-refractivity contribution < 1.29 is 14.3 Å². The van der Waals surface area contributed by atoms with Gasteiger partial charge in [0.05, 0.1) is 5.56 Å². The molecule has 0 radical (unpaired) electrons. The van der Waals surface area contributed by atoms with Crippen molar-refractivity contribution >= 4 is 5.97 Å². The number of fused-ring (bicyclic) bond motifs is 3. The lowest BCUT2D eigenvalue weighted by Gasteiger charge is -2.31. The lowest BCUT2D eigenvalue weighted by molar-refractivity contribution is -0.150. The number of rotatable bonds is 5. The summed E-state index contributed by atoms with van der Waals surface area (Å²) >= 11 is 0. The third-order valence-electron chi connectivity index (χ3n) is 6.73. The molecule has 1 aliphatic heterocycles. The molecule has 0 amide bonds. The molecule has 0 unspecified atom stereocenters. The van der Waals surface area contributed by atoms with Gasteiger partial charge in [0, 0.05) is 18.5 Å². The van der Waals surface area contributed by atoms with Gasteiger partial charge in [-0.1, -0.05) is 30.3 Å². The minimum Gasteiger partial charge on any atom is -0.488 e. The molecule has 2 aromatic rings. The molecular weight excluding hydrogens is 412 g/mol. The van der Waals surface area contributed by atoms with Crippen molar-refractivity contribution in [1.29, 1.82) is 5.26 Å². The zero-order valence-corrected chi connectivity index (χ0v) is 19.7. The number of nitrogens with zero attached hydrogens (tertiary/aromatic N) is 1. The van der Waals surface area contributed by atoms with E-state index in [4.69, 9.17) is 9.47 Å². The highest BCUT2D eigenvalue weighted by Crippen LogP contribution is 2.32. The number of hydrogen-bond donors (Lipinski definition) is 1. The molecule has 5 heteroatoms. The highest BCUT2D eigenvalue weighted by Gasteiger charge is 2.29. The number of benzene rings is 2. The molecule has 2 bridgehead atoms. The number of aryl methyl sites for hydroxylation is 1. The van der Waals surface area contributed by atoms with E-state index in [2.05, 4.69) is 49.5 Å². The predicted molar refractivity (Wildman–Crippen MR) is 128 cm³/mol. The van der Waals surface area contributed by atoms with Crippen molar-refractivity contribution in [3.63, 3.8) is 0 Å². The summed E-state index contributed by atoms with van der Waals surface area (Å²) < 4.78 is 11.8. The van der Waals surface area contributed by atoms with Crippen LogP contribution in [0.4, 0.5) is 0 Å². The molecule has 5 nitrogen and oxygen atoms in total. The van der Waals surface area contributed by atoms with Crippen LogP contribution in [0.2, 0.25) is 0 Å². The van der Waals surface area contributed by atoms with Crippen molar-refractivity contribution in [3.05, 3.63) is 64.7 Å². The van der Waals surface area contributed by atoms with E-state index in [9.17, 15) is 10.1 Å². The first kappa shape index (κ1) is 23.3. The quantitative estimate of drug-likeness (QED) is 0.671. The zero-order chi connectivity index (χ0) is 23.3. The Morgan fingerprint density at radius 3 is 2.55 bits per heavy atom. The zero-order valence-electron chi connectivity index (χ0n) is 19.7. The van der Waals surface area contributed by atoms with Gasteiger partial charge in [0.25, 0.3) is 0 Å². The maximum Gasteiger partial charge on any atom is 0.306 e. The molecule has 2 aliphatic rings. The number of ether oxygens (including phenoxy) is 2. The standard InChI is InChI=1S/C28H34N2O3/c1-28(2,16-21-13-22-8-4-5-9-23(22)14-21)30-18-25-19-32-26-15-20(11-12-24(26)17-29)7-3-6-10-27(31)33-25/h4-5,8-9,11-12,15,21,25,30H,3,6-7,10,13-14,16,18-19H2,1-2H3/t25-/m1/s1. The Labute approximate surface area is 197 Å². The SMILES string of the molecule is CC(C)(CC1Cc2ccccc2C1)NC[C@@H]1COc2cc(ccc2C#N)CCCCC(=O)O1. The number of hydrogen-bond acceptors (Lipinski definition) is 5. The Bertz CT molecular complexity index is 999. The van der Waals surface area contributed by atoms with Crippen molar-refractivity contribution in [2.75, 3.05) is 13.2 Å². The predicted octanol–water partition coefficient (Wildman–Crippen LogP) is 4.75. The second-order valence-corrected chi connectivity index (χ2v) is 10.1. The van der Waals surface area contributed by atoms with Gasteiger partial charge in [-0.2, -0.15) is 5.26 Å². The van der Waals surface area contributed by atoms with Crippen LogP contribution in [0.15, 0.2) is 42.5 Å². The topological polar surface area (TPSA) is 71.3 Å². The molecule has 1 N–H and O–H groups in total. The number of nitrogens with one attached hydrogen (secondary N) is 1. The molecule has 0 saturated heterocycles. The van der Waals surface area contributed by atoms with Crippen LogP contribution in [-0.2, 0) is 28.8 Å². The molecule has 0 saturated carbocycles. The number of esters is 1. The van der Waals surface area contributed by atoms with Gasteiger partial charge >= 0.3 is 5.97 Å². The summed E-state index contributed by atoms with van der Waals surface area (Å²) in [6.07, 6.45) is 5.86. The maximum atomic E-state index is 12.4. The van der Waals surface area contributed by atoms with E-state index in [0.717, 1.165) is 44.1 Å². The molecule has 1 heterocycles. The number of nitriles is 1. The summed E-state index contributed by atoms with van der Waals surface area (Å²) in [5.41, 5.74) is 4.48. The Balaban J connectivity index is 1.38. The average molecular weight is 447 g/mol. The van der Waals surface area contributed by atoms with Crippen LogP contribution < -0.4 is 10.1 Å². The van der Waals surface area contributed by atoms with Gasteiger partial charge < -0.3 is 14.8 Å². The summed E-state index contributed by atoms with van der Waals surface area (Å²) in [6, 6.07) is 16.7. The second kappa shape index (κ2) is 10.4. The molecule has 1 atom stereocenters. The van der Waals surface area contributed by atoms with Crippen LogP contribution in [0.1, 0.15) is 61.8 Å². The molecule has 1 aliphatic carbocycles. The minimum atomic E-state index is -0.410. The lowest BCUT2D eigenvalue weighted by Crippen LogP contribution is -2.47. The van der Waals surface area contributed by atoms with E-state index in [-0.39, 0.29) is 18.1 Å². The molecule has 33 heavy (non-hydrogen) atoms. The first-order valence-electron chi connectivity index (χ1n) is 12.1. The summed E-state index contributed by atoms with van der Waals surface area (Å²) in [7, 11) is 0. The van der Waals surface area contributed by atoms with Gasteiger partial charge in [0.15, 0.2) is 0 Å². The first-order chi connectivity index (χ1) is 15.9. The molecule has 0 spiro atoms. The third-order valence-corrected chi connectivity index (χ3v) is 6.73. The van der Waals surface area contributed by atoms with Crippen LogP contribution in [0, 0.1) is 17.2 Å². The van der Waals surface area contributed by atoms with E-state index < -0.39 is 6.10 Å². The van der Waals surface area contributed by atoms with Crippen LogP contribution in [0.3, 0.4) is 0 Å². The third kappa shape index (κ3) is 6.36. The van der Waals surface area contributed by atoms with Gasteiger partial charge in [0.1, 0.15) is 24.5 Å². The Morgan fingerprint density at radius 2 is 1.82 bits per heavy atom. The molecular formula is C28H34N2O3. The van der Waals surface area contributed by atoms with E-state index in [1.165, 1.54) is 11.1 Å². The lowest BCUT2D eigenvalue weighted by atomic mass is 9.88. The number of cyclic esters (lactones) is 1. The summed E-state index contributed by atoms with van der Waals surface area (Å²) in [5, 5.41) is 13.1. The van der Waals surface area contributed by atoms with Gasteiger partial charge in [-0.3, -0.25) is 4.79 Å². The summed E-state index contributed by atoms with van der Waals surface area (Å²) in [6.45, 7) is 5.17. The van der Waals surface area contributed by atoms with Crippen LogP contribution in [0.25, 0.3) is 0 Å². The Kier molecular flexibility index (Phi) is 7.35. The smallest absolute Gasteiger partial charge is 0.306 e. The average Bonchev–Trinajstić information content (AvgIpc) is 3.19. The molecule has 2 aromatic carbocycles. The Hall–Kier alpha value is -2.84. The fraction of sp³-hybridized carbons (Fsp3) is 0.500. The van der Waals surface area contributed by atoms with Crippen LogP contribution >= 0.6 is 0 Å². The molecule has 174 valence electrons. The molecule has 0 fully saturated rings. The summed E-state index contributed by atoms with van der Waals surface area (Å²) in [5.74, 6) is 1.000. The van der Waals surface area contributed by atoms with Gasteiger partial charge in [0.2, 0.25) is 0 Å². The first-order valence-corrected chi connectivity index (χ1v) is 12.1. The minimum absolute atomic E-state index is 0.0967. The van der Waals surface area contributed by atoms with Crippen molar-refractivity contribution in [3.8, 4) is 11.8 Å². The van der Waals surface area contributed by atoms with E-state index in [0.29, 0.717) is 30.2 Å². The molecule has 0 aromatic heterocycles.